The van der Waals surface area contributed by atoms with Crippen molar-refractivity contribution < 1.29 is 0 Å². The number of benzene rings is 1. The van der Waals surface area contributed by atoms with Gasteiger partial charge in [-0.15, -0.1) is 11.3 Å². The lowest BCUT2D eigenvalue weighted by molar-refractivity contribution is 0.833. The molecule has 2 N–H and O–H groups in total. The third-order valence-corrected chi connectivity index (χ3v) is 4.56. The minimum atomic E-state index is -0.0637. The minimum absolute atomic E-state index is 0.0637. The maximum atomic E-state index is 6.28. The van der Waals surface area contributed by atoms with Gasteiger partial charge in [0.05, 0.1) is 11.7 Å². The lowest BCUT2D eigenvalue weighted by Crippen LogP contribution is -2.11. The molecule has 0 bridgehead atoms. The average Bonchev–Trinajstić information content (AvgIpc) is 2.89. The first-order valence-electron chi connectivity index (χ1n) is 6.04. The smallest absolute Gasteiger partial charge is 0.114 e. The van der Waals surface area contributed by atoms with Gasteiger partial charge < -0.3 is 5.73 Å². The highest BCUT2D eigenvalue weighted by Gasteiger charge is 2.20. The standard InChI is InChI=1S/C14H16N2S/c1-9-5-7-10(8-6-9)13(15)14-16-11-3-2-4-12(11)17-14/h5-8,13H,2-4,15H2,1H3. The average molecular weight is 244 g/mol. The summed E-state index contributed by atoms with van der Waals surface area (Å²) in [7, 11) is 0. The number of aromatic nitrogens is 1. The highest BCUT2D eigenvalue weighted by molar-refractivity contribution is 7.11. The van der Waals surface area contributed by atoms with Crippen molar-refractivity contribution in [1.29, 1.82) is 0 Å². The van der Waals surface area contributed by atoms with Gasteiger partial charge in [-0.25, -0.2) is 4.98 Å². The number of thiazole rings is 1. The number of nitrogens with zero attached hydrogens (tertiary/aromatic N) is 1. The van der Waals surface area contributed by atoms with Gasteiger partial charge in [-0.2, -0.15) is 0 Å². The van der Waals surface area contributed by atoms with Crippen LogP contribution in [-0.4, -0.2) is 4.98 Å². The maximum Gasteiger partial charge on any atom is 0.114 e. The Balaban J connectivity index is 1.90. The van der Waals surface area contributed by atoms with Crippen molar-refractivity contribution in [3.8, 4) is 0 Å². The van der Waals surface area contributed by atoms with E-state index >= 15 is 0 Å². The van der Waals surface area contributed by atoms with E-state index in [1.54, 1.807) is 11.3 Å². The molecule has 0 radical (unpaired) electrons. The Hall–Kier alpha value is -1.19. The van der Waals surface area contributed by atoms with Crippen LogP contribution in [-0.2, 0) is 12.8 Å². The third-order valence-electron chi connectivity index (χ3n) is 3.31. The molecule has 2 nitrogen and oxygen atoms in total. The summed E-state index contributed by atoms with van der Waals surface area (Å²) in [6, 6.07) is 8.36. The van der Waals surface area contributed by atoms with Gasteiger partial charge in [-0.3, -0.25) is 0 Å². The van der Waals surface area contributed by atoms with E-state index in [1.807, 2.05) is 0 Å². The number of hydrogen-bond acceptors (Lipinski definition) is 3. The highest BCUT2D eigenvalue weighted by atomic mass is 32.1. The Kier molecular flexibility index (Phi) is 2.73. The number of nitrogens with two attached hydrogens (primary N) is 1. The molecule has 0 amide bonds. The van der Waals surface area contributed by atoms with Crippen molar-refractivity contribution >= 4 is 11.3 Å². The van der Waals surface area contributed by atoms with Crippen LogP contribution in [0.1, 0.15) is 39.2 Å². The minimum Gasteiger partial charge on any atom is -0.318 e. The third kappa shape index (κ3) is 2.01. The molecular weight excluding hydrogens is 228 g/mol. The first kappa shape index (κ1) is 10.9. The highest BCUT2D eigenvalue weighted by Crippen LogP contribution is 2.32. The molecule has 1 aromatic heterocycles. The summed E-state index contributed by atoms with van der Waals surface area (Å²) in [5, 5.41) is 1.07. The fourth-order valence-corrected chi connectivity index (χ4v) is 3.44. The van der Waals surface area contributed by atoms with Gasteiger partial charge in [0.2, 0.25) is 0 Å². The summed E-state index contributed by atoms with van der Waals surface area (Å²) < 4.78 is 0. The summed E-state index contributed by atoms with van der Waals surface area (Å²) in [6.07, 6.45) is 3.58. The molecule has 1 heterocycles. The Morgan fingerprint density at radius 1 is 1.24 bits per heavy atom. The molecule has 1 atom stereocenters. The Labute approximate surface area is 106 Å². The summed E-state index contributed by atoms with van der Waals surface area (Å²) in [6.45, 7) is 2.09. The molecule has 88 valence electrons. The van der Waals surface area contributed by atoms with Gasteiger partial charge >= 0.3 is 0 Å². The van der Waals surface area contributed by atoms with Crippen molar-refractivity contribution in [3.05, 3.63) is 51.0 Å². The molecule has 0 fully saturated rings. The van der Waals surface area contributed by atoms with E-state index in [9.17, 15) is 0 Å². The lowest BCUT2D eigenvalue weighted by Gasteiger charge is -2.09. The van der Waals surface area contributed by atoms with Gasteiger partial charge in [0.15, 0.2) is 0 Å². The second-order valence-electron chi connectivity index (χ2n) is 4.66. The molecule has 0 spiro atoms. The summed E-state index contributed by atoms with van der Waals surface area (Å²) in [4.78, 5) is 6.13. The van der Waals surface area contributed by atoms with E-state index in [0.29, 0.717) is 0 Å². The summed E-state index contributed by atoms with van der Waals surface area (Å²) in [5.41, 5.74) is 9.98. The normalized spacial score (nSPS) is 15.9. The van der Waals surface area contributed by atoms with Crippen LogP contribution >= 0.6 is 11.3 Å². The fourth-order valence-electron chi connectivity index (χ4n) is 2.26. The van der Waals surface area contributed by atoms with E-state index < -0.39 is 0 Å². The van der Waals surface area contributed by atoms with Crippen LogP contribution in [0.15, 0.2) is 24.3 Å². The van der Waals surface area contributed by atoms with Gasteiger partial charge in [0, 0.05) is 4.88 Å². The Bertz CT molecular complexity index is 506. The van der Waals surface area contributed by atoms with Crippen LogP contribution in [0.2, 0.25) is 0 Å². The van der Waals surface area contributed by atoms with Crippen LogP contribution < -0.4 is 5.73 Å². The van der Waals surface area contributed by atoms with Crippen LogP contribution in [0.4, 0.5) is 0 Å². The zero-order valence-electron chi connectivity index (χ0n) is 9.94. The molecule has 0 saturated heterocycles. The van der Waals surface area contributed by atoms with Crippen LogP contribution in [0.5, 0.6) is 0 Å². The number of rotatable bonds is 2. The molecule has 1 aliphatic rings. The topological polar surface area (TPSA) is 38.9 Å². The first-order valence-corrected chi connectivity index (χ1v) is 6.86. The van der Waals surface area contributed by atoms with E-state index in [0.717, 1.165) is 17.0 Å². The molecule has 3 rings (SSSR count). The molecule has 3 heteroatoms. The van der Waals surface area contributed by atoms with Gasteiger partial charge in [-0.1, -0.05) is 29.8 Å². The first-order chi connectivity index (χ1) is 8.24. The molecule has 1 unspecified atom stereocenters. The Morgan fingerprint density at radius 2 is 2.00 bits per heavy atom. The SMILES string of the molecule is Cc1ccc(C(N)c2nc3c(s2)CCC3)cc1. The molecule has 2 aromatic rings. The summed E-state index contributed by atoms with van der Waals surface area (Å²) >= 11 is 1.79. The second kappa shape index (κ2) is 4.24. The number of aryl methyl sites for hydroxylation is 3. The molecule has 17 heavy (non-hydrogen) atoms. The van der Waals surface area contributed by atoms with E-state index in [1.165, 1.54) is 29.0 Å². The van der Waals surface area contributed by atoms with Crippen LogP contribution in [0.3, 0.4) is 0 Å². The summed E-state index contributed by atoms with van der Waals surface area (Å²) in [5.74, 6) is 0. The monoisotopic (exact) mass is 244 g/mol. The molecule has 0 saturated carbocycles. The fraction of sp³-hybridized carbons (Fsp3) is 0.357. The van der Waals surface area contributed by atoms with Crippen molar-refractivity contribution in [2.75, 3.05) is 0 Å². The lowest BCUT2D eigenvalue weighted by atomic mass is 10.1. The van der Waals surface area contributed by atoms with E-state index in [-0.39, 0.29) is 6.04 Å². The zero-order valence-corrected chi connectivity index (χ0v) is 10.8. The van der Waals surface area contributed by atoms with E-state index in [4.69, 9.17) is 5.73 Å². The van der Waals surface area contributed by atoms with Gasteiger partial charge in [0.1, 0.15) is 5.01 Å². The quantitative estimate of drug-likeness (QED) is 0.882. The second-order valence-corrected chi connectivity index (χ2v) is 5.78. The van der Waals surface area contributed by atoms with Gasteiger partial charge in [-0.05, 0) is 31.7 Å². The largest absolute Gasteiger partial charge is 0.318 e. The molecule has 1 aliphatic carbocycles. The maximum absolute atomic E-state index is 6.28. The molecular formula is C14H16N2S. The number of fused-ring (bicyclic) bond motifs is 1. The predicted molar refractivity (Wildman–Crippen MR) is 71.3 cm³/mol. The van der Waals surface area contributed by atoms with Crippen molar-refractivity contribution in [2.24, 2.45) is 5.73 Å². The van der Waals surface area contributed by atoms with Crippen LogP contribution in [0, 0.1) is 6.92 Å². The Morgan fingerprint density at radius 3 is 2.71 bits per heavy atom. The van der Waals surface area contributed by atoms with Crippen molar-refractivity contribution in [3.63, 3.8) is 0 Å². The molecule has 1 aromatic carbocycles. The number of hydrogen-bond donors (Lipinski definition) is 1. The molecule has 0 aliphatic heterocycles. The van der Waals surface area contributed by atoms with E-state index in [2.05, 4.69) is 36.2 Å². The predicted octanol–water partition coefficient (Wildman–Crippen LogP) is 2.99. The van der Waals surface area contributed by atoms with Crippen LogP contribution in [0.25, 0.3) is 0 Å². The van der Waals surface area contributed by atoms with Gasteiger partial charge in [0.25, 0.3) is 0 Å². The van der Waals surface area contributed by atoms with Crippen molar-refractivity contribution in [1.82, 2.24) is 4.98 Å². The zero-order chi connectivity index (χ0) is 11.8. The van der Waals surface area contributed by atoms with Crippen molar-refractivity contribution in [2.45, 2.75) is 32.2 Å².